The van der Waals surface area contributed by atoms with Crippen LogP contribution in [-0.2, 0) is 0 Å². The first-order valence-corrected chi connectivity index (χ1v) is 4.35. The molecule has 76 valence electrons. The van der Waals surface area contributed by atoms with Gasteiger partial charge < -0.3 is 4.98 Å². The average molecular weight is 194 g/mol. The monoisotopic (exact) mass is 194 g/mol. The lowest BCUT2D eigenvalue weighted by Gasteiger charge is -1.97. The van der Waals surface area contributed by atoms with Gasteiger partial charge in [-0.15, -0.1) is 0 Å². The Morgan fingerprint density at radius 2 is 2.07 bits per heavy atom. The van der Waals surface area contributed by atoms with Crippen molar-refractivity contribution in [1.82, 2.24) is 15.4 Å². The maximum Gasteiger partial charge on any atom is 0.291 e. The van der Waals surface area contributed by atoms with E-state index in [1.165, 1.54) is 0 Å². The van der Waals surface area contributed by atoms with E-state index in [0.29, 0.717) is 5.69 Å². The van der Waals surface area contributed by atoms with Crippen LogP contribution in [0.25, 0.3) is 0 Å². The van der Waals surface area contributed by atoms with Gasteiger partial charge in [0, 0.05) is 11.4 Å². The van der Waals surface area contributed by atoms with E-state index >= 15 is 0 Å². The summed E-state index contributed by atoms with van der Waals surface area (Å²) in [5.41, 5.74) is 4.36. The van der Waals surface area contributed by atoms with Crippen LogP contribution in [0, 0.1) is 13.8 Å². The zero-order chi connectivity index (χ0) is 10.7. The van der Waals surface area contributed by atoms with Gasteiger partial charge >= 0.3 is 0 Å². The number of imidazole rings is 1. The molecule has 1 aromatic rings. The van der Waals surface area contributed by atoms with Crippen LogP contribution >= 0.6 is 0 Å². The minimum atomic E-state index is -0.284. The number of hydrazone groups is 1. The van der Waals surface area contributed by atoms with Gasteiger partial charge in [-0.05, 0) is 27.7 Å². The number of aromatic amines is 1. The molecule has 1 heterocycles. The predicted molar refractivity (Wildman–Crippen MR) is 54.3 cm³/mol. The molecule has 5 heteroatoms. The van der Waals surface area contributed by atoms with Gasteiger partial charge in [0.05, 0.1) is 0 Å². The van der Waals surface area contributed by atoms with Gasteiger partial charge in [0.25, 0.3) is 5.91 Å². The Morgan fingerprint density at radius 1 is 1.43 bits per heavy atom. The van der Waals surface area contributed by atoms with Crippen molar-refractivity contribution in [3.8, 4) is 0 Å². The molecule has 14 heavy (non-hydrogen) atoms. The van der Waals surface area contributed by atoms with E-state index in [4.69, 9.17) is 0 Å². The summed E-state index contributed by atoms with van der Waals surface area (Å²) in [6.45, 7) is 7.22. The first-order chi connectivity index (χ1) is 6.50. The number of aryl methyl sites for hydroxylation is 2. The number of aromatic nitrogens is 2. The smallest absolute Gasteiger partial charge is 0.291 e. The summed E-state index contributed by atoms with van der Waals surface area (Å²) in [5.74, 6) is 0.443. The van der Waals surface area contributed by atoms with E-state index in [2.05, 4.69) is 20.5 Å². The normalized spacial score (nSPS) is 9.71. The van der Waals surface area contributed by atoms with E-state index in [1.807, 2.05) is 13.8 Å². The molecule has 0 aliphatic rings. The second-order valence-electron chi connectivity index (χ2n) is 3.30. The Morgan fingerprint density at radius 3 is 2.50 bits per heavy atom. The van der Waals surface area contributed by atoms with Crippen molar-refractivity contribution in [2.45, 2.75) is 27.7 Å². The maximum absolute atomic E-state index is 11.5. The van der Waals surface area contributed by atoms with Gasteiger partial charge in [-0.2, -0.15) is 5.10 Å². The van der Waals surface area contributed by atoms with Gasteiger partial charge in [0.15, 0.2) is 5.69 Å². The lowest BCUT2D eigenvalue weighted by Crippen LogP contribution is -2.19. The molecule has 0 spiro atoms. The summed E-state index contributed by atoms with van der Waals surface area (Å²) in [6, 6.07) is 0. The van der Waals surface area contributed by atoms with Gasteiger partial charge in [0.2, 0.25) is 0 Å². The molecule has 1 rings (SSSR count). The first kappa shape index (κ1) is 10.4. The predicted octanol–water partition coefficient (Wildman–Crippen LogP) is 1.15. The van der Waals surface area contributed by atoms with Gasteiger partial charge in [-0.3, -0.25) is 4.79 Å². The van der Waals surface area contributed by atoms with Crippen molar-refractivity contribution < 1.29 is 4.79 Å². The largest absolute Gasteiger partial charge is 0.346 e. The summed E-state index contributed by atoms with van der Waals surface area (Å²) >= 11 is 0. The third-order valence-electron chi connectivity index (χ3n) is 1.60. The second-order valence-corrected chi connectivity index (χ2v) is 3.30. The molecule has 0 bridgehead atoms. The molecule has 0 atom stereocenters. The van der Waals surface area contributed by atoms with Crippen molar-refractivity contribution in [1.29, 1.82) is 0 Å². The fraction of sp³-hybridized carbons (Fsp3) is 0.444. The third-order valence-corrected chi connectivity index (χ3v) is 1.60. The molecule has 0 radical (unpaired) electrons. The standard InChI is InChI=1S/C9H14N4O/c1-5(2)12-13-9(14)8-6(3)10-7(4)11-8/h1-4H3,(H,10,11)(H,13,14). The Labute approximate surface area is 82.6 Å². The molecule has 5 nitrogen and oxygen atoms in total. The molecule has 0 aliphatic heterocycles. The average Bonchev–Trinajstić information content (AvgIpc) is 2.41. The molecule has 0 fully saturated rings. The Bertz CT molecular complexity index is 374. The molecule has 0 unspecified atom stereocenters. The Balaban J connectivity index is 2.80. The van der Waals surface area contributed by atoms with Crippen LogP contribution in [0.1, 0.15) is 35.9 Å². The fourth-order valence-corrected chi connectivity index (χ4v) is 1.05. The molecule has 0 aromatic carbocycles. The highest BCUT2D eigenvalue weighted by molar-refractivity contribution is 5.94. The molecule has 0 saturated heterocycles. The van der Waals surface area contributed by atoms with Crippen LogP contribution in [0.2, 0.25) is 0 Å². The lowest BCUT2D eigenvalue weighted by atomic mass is 10.3. The minimum Gasteiger partial charge on any atom is -0.346 e. The highest BCUT2D eigenvalue weighted by Gasteiger charge is 2.12. The van der Waals surface area contributed by atoms with E-state index < -0.39 is 0 Å². The summed E-state index contributed by atoms with van der Waals surface area (Å²) in [7, 11) is 0. The quantitative estimate of drug-likeness (QED) is 0.547. The Kier molecular flexibility index (Phi) is 3.01. The van der Waals surface area contributed by atoms with Gasteiger partial charge in [-0.1, -0.05) is 0 Å². The van der Waals surface area contributed by atoms with Crippen molar-refractivity contribution >= 4 is 11.6 Å². The number of amides is 1. The molecular formula is C9H14N4O. The summed E-state index contributed by atoms with van der Waals surface area (Å²) in [6.07, 6.45) is 0. The van der Waals surface area contributed by atoms with Crippen molar-refractivity contribution in [3.05, 3.63) is 17.2 Å². The molecule has 0 aliphatic carbocycles. The number of H-pyrrole nitrogens is 1. The highest BCUT2D eigenvalue weighted by Crippen LogP contribution is 2.03. The summed E-state index contributed by atoms with van der Waals surface area (Å²) in [5, 5.41) is 3.81. The van der Waals surface area contributed by atoms with Crippen LogP contribution in [0.4, 0.5) is 0 Å². The van der Waals surface area contributed by atoms with E-state index in [0.717, 1.165) is 17.2 Å². The third kappa shape index (κ3) is 2.42. The molecule has 2 N–H and O–H groups in total. The van der Waals surface area contributed by atoms with Crippen molar-refractivity contribution in [3.63, 3.8) is 0 Å². The fourth-order valence-electron chi connectivity index (χ4n) is 1.05. The van der Waals surface area contributed by atoms with Crippen molar-refractivity contribution in [2.24, 2.45) is 5.10 Å². The topological polar surface area (TPSA) is 70.1 Å². The van der Waals surface area contributed by atoms with Crippen LogP contribution in [0.3, 0.4) is 0 Å². The molecule has 1 amide bonds. The number of hydrogen-bond acceptors (Lipinski definition) is 3. The zero-order valence-corrected chi connectivity index (χ0v) is 8.80. The number of rotatable bonds is 2. The molecule has 0 saturated carbocycles. The first-order valence-electron chi connectivity index (χ1n) is 4.35. The van der Waals surface area contributed by atoms with Gasteiger partial charge in [-0.25, -0.2) is 10.4 Å². The summed E-state index contributed by atoms with van der Waals surface area (Å²) < 4.78 is 0. The Hall–Kier alpha value is -1.65. The second kappa shape index (κ2) is 4.04. The zero-order valence-electron chi connectivity index (χ0n) is 8.80. The SMILES string of the molecule is CC(C)=NNC(=O)c1nc(C)[nH]c1C. The van der Waals surface area contributed by atoms with Crippen LogP contribution < -0.4 is 5.43 Å². The van der Waals surface area contributed by atoms with Crippen LogP contribution in [0.15, 0.2) is 5.10 Å². The van der Waals surface area contributed by atoms with Crippen molar-refractivity contribution in [2.75, 3.05) is 0 Å². The van der Waals surface area contributed by atoms with Gasteiger partial charge in [0.1, 0.15) is 5.82 Å². The molecule has 1 aromatic heterocycles. The van der Waals surface area contributed by atoms with Crippen LogP contribution in [-0.4, -0.2) is 21.6 Å². The highest BCUT2D eigenvalue weighted by atomic mass is 16.2. The number of nitrogens with one attached hydrogen (secondary N) is 2. The van der Waals surface area contributed by atoms with E-state index in [-0.39, 0.29) is 5.91 Å². The maximum atomic E-state index is 11.5. The number of carbonyl (C=O) groups excluding carboxylic acids is 1. The number of nitrogens with zero attached hydrogens (tertiary/aromatic N) is 2. The molecular weight excluding hydrogens is 180 g/mol. The van der Waals surface area contributed by atoms with E-state index in [9.17, 15) is 4.79 Å². The minimum absolute atomic E-state index is 0.284. The number of carbonyl (C=O) groups is 1. The number of hydrogen-bond donors (Lipinski definition) is 2. The van der Waals surface area contributed by atoms with Crippen LogP contribution in [0.5, 0.6) is 0 Å². The van der Waals surface area contributed by atoms with E-state index in [1.54, 1.807) is 13.8 Å². The lowest BCUT2D eigenvalue weighted by molar-refractivity contribution is 0.0949. The summed E-state index contributed by atoms with van der Waals surface area (Å²) in [4.78, 5) is 18.5.